The monoisotopic (exact) mass is 539 g/mol. The third kappa shape index (κ3) is 9.41. The maximum absolute atomic E-state index is 12.5. The number of ether oxygens (including phenoxy) is 1. The van der Waals surface area contributed by atoms with Gasteiger partial charge in [0.1, 0.15) is 5.75 Å². The SMILES string of the molecule is CN=C(NCCCCN1CCC(C(N)=O)CC1)NCc1ccccc1OC(F)F.I. The molecule has 0 spiro atoms. The molecule has 1 aromatic carbocycles. The van der Waals surface area contributed by atoms with Crippen molar-refractivity contribution < 1.29 is 18.3 Å². The van der Waals surface area contributed by atoms with Gasteiger partial charge in [0, 0.05) is 31.6 Å². The number of unbranched alkanes of at least 4 members (excludes halogenated alkanes) is 1. The molecule has 0 saturated carbocycles. The Balaban J connectivity index is 0.00000450. The smallest absolute Gasteiger partial charge is 0.387 e. The summed E-state index contributed by atoms with van der Waals surface area (Å²) in [7, 11) is 1.67. The number of nitrogens with zero attached hydrogens (tertiary/aromatic N) is 2. The molecule has 4 N–H and O–H groups in total. The van der Waals surface area contributed by atoms with Crippen molar-refractivity contribution in [1.29, 1.82) is 0 Å². The summed E-state index contributed by atoms with van der Waals surface area (Å²) in [6.07, 6.45) is 3.71. The van der Waals surface area contributed by atoms with Gasteiger partial charge in [-0.1, -0.05) is 18.2 Å². The zero-order valence-electron chi connectivity index (χ0n) is 17.3. The van der Waals surface area contributed by atoms with Crippen molar-refractivity contribution >= 4 is 35.8 Å². The Kier molecular flexibility index (Phi) is 12.6. The quantitative estimate of drug-likeness (QED) is 0.184. The number of carbonyl (C=O) groups is 1. The highest BCUT2D eigenvalue weighted by Gasteiger charge is 2.22. The maximum Gasteiger partial charge on any atom is 0.387 e. The second kappa shape index (κ2) is 14.3. The van der Waals surface area contributed by atoms with E-state index in [1.807, 2.05) is 0 Å². The number of para-hydroxylation sites is 1. The Hall–Kier alpha value is -1.69. The largest absolute Gasteiger partial charge is 0.434 e. The van der Waals surface area contributed by atoms with Crippen LogP contribution >= 0.6 is 24.0 Å². The van der Waals surface area contributed by atoms with Crippen molar-refractivity contribution in [1.82, 2.24) is 15.5 Å². The van der Waals surface area contributed by atoms with Crippen LogP contribution in [0.1, 0.15) is 31.2 Å². The molecule has 30 heavy (non-hydrogen) atoms. The van der Waals surface area contributed by atoms with E-state index in [0.717, 1.165) is 51.9 Å². The van der Waals surface area contributed by atoms with Crippen LogP contribution < -0.4 is 21.1 Å². The van der Waals surface area contributed by atoms with E-state index in [9.17, 15) is 13.6 Å². The number of likely N-dealkylation sites (tertiary alicyclic amines) is 1. The number of guanidine groups is 1. The number of alkyl halides is 2. The van der Waals surface area contributed by atoms with E-state index in [0.29, 0.717) is 18.1 Å². The summed E-state index contributed by atoms with van der Waals surface area (Å²) in [4.78, 5) is 17.7. The van der Waals surface area contributed by atoms with Crippen molar-refractivity contribution in [3.8, 4) is 5.75 Å². The third-order valence-electron chi connectivity index (χ3n) is 5.04. The minimum atomic E-state index is -2.85. The average Bonchev–Trinajstić information content (AvgIpc) is 2.71. The second-order valence-corrected chi connectivity index (χ2v) is 7.06. The van der Waals surface area contributed by atoms with Crippen molar-refractivity contribution in [3.05, 3.63) is 29.8 Å². The number of hydrogen-bond acceptors (Lipinski definition) is 4. The van der Waals surface area contributed by atoms with Gasteiger partial charge < -0.3 is 26.0 Å². The highest BCUT2D eigenvalue weighted by atomic mass is 127. The van der Waals surface area contributed by atoms with E-state index in [1.165, 1.54) is 6.07 Å². The number of nitrogens with two attached hydrogens (primary N) is 1. The molecule has 0 atom stereocenters. The topological polar surface area (TPSA) is 92.0 Å². The number of halogens is 3. The zero-order valence-corrected chi connectivity index (χ0v) is 19.6. The first-order valence-corrected chi connectivity index (χ1v) is 9.98. The van der Waals surface area contributed by atoms with Crippen molar-refractivity contribution in [2.45, 2.75) is 38.8 Å². The van der Waals surface area contributed by atoms with E-state index in [-0.39, 0.29) is 41.6 Å². The molecule has 1 aromatic rings. The van der Waals surface area contributed by atoms with Crippen molar-refractivity contribution in [2.75, 3.05) is 33.2 Å². The van der Waals surface area contributed by atoms with E-state index in [2.05, 4.69) is 25.3 Å². The van der Waals surface area contributed by atoms with Gasteiger partial charge in [0.05, 0.1) is 0 Å². The number of amides is 1. The molecule has 7 nitrogen and oxygen atoms in total. The zero-order chi connectivity index (χ0) is 21.1. The lowest BCUT2D eigenvalue weighted by Gasteiger charge is -2.30. The highest BCUT2D eigenvalue weighted by Crippen LogP contribution is 2.20. The molecule has 1 aliphatic rings. The Labute approximate surface area is 193 Å². The van der Waals surface area contributed by atoms with Crippen LogP contribution in [0.25, 0.3) is 0 Å². The molecule has 1 heterocycles. The number of piperidine rings is 1. The van der Waals surface area contributed by atoms with Crippen molar-refractivity contribution in [3.63, 3.8) is 0 Å². The molecule has 1 aliphatic heterocycles. The number of nitrogens with one attached hydrogen (secondary N) is 2. The fraction of sp³-hybridized carbons (Fsp3) is 0.600. The predicted octanol–water partition coefficient (Wildman–Crippen LogP) is 2.55. The van der Waals surface area contributed by atoms with Crippen molar-refractivity contribution in [2.24, 2.45) is 16.6 Å². The minimum absolute atomic E-state index is 0. The summed E-state index contributed by atoms with van der Waals surface area (Å²) in [5.74, 6) is 0.611. The summed E-state index contributed by atoms with van der Waals surface area (Å²) in [6.45, 7) is 1.08. The molecular formula is C20H32F2IN5O2. The van der Waals surface area contributed by atoms with Gasteiger partial charge in [-0.3, -0.25) is 9.79 Å². The summed E-state index contributed by atoms with van der Waals surface area (Å²) in [5, 5.41) is 6.34. The Bertz CT molecular complexity index is 670. The molecule has 2 rings (SSSR count). The fourth-order valence-corrected chi connectivity index (χ4v) is 3.37. The number of carbonyl (C=O) groups excluding carboxylic acids is 1. The van der Waals surface area contributed by atoms with Gasteiger partial charge in [-0.2, -0.15) is 8.78 Å². The molecule has 170 valence electrons. The first-order valence-electron chi connectivity index (χ1n) is 9.98. The lowest BCUT2D eigenvalue weighted by Crippen LogP contribution is -2.39. The third-order valence-corrected chi connectivity index (χ3v) is 5.04. The fourth-order valence-electron chi connectivity index (χ4n) is 3.37. The first kappa shape index (κ1) is 26.3. The molecule has 0 bridgehead atoms. The van der Waals surface area contributed by atoms with Crippen LogP contribution in [-0.2, 0) is 11.3 Å². The lowest BCUT2D eigenvalue weighted by atomic mass is 9.96. The van der Waals surface area contributed by atoms with Gasteiger partial charge >= 0.3 is 6.61 Å². The Morgan fingerprint density at radius 3 is 2.60 bits per heavy atom. The first-order chi connectivity index (χ1) is 14.0. The second-order valence-electron chi connectivity index (χ2n) is 7.06. The van der Waals surface area contributed by atoms with Crippen LogP contribution in [0.4, 0.5) is 8.78 Å². The molecule has 1 amide bonds. The van der Waals surface area contributed by atoms with E-state index in [4.69, 9.17) is 5.73 Å². The van der Waals surface area contributed by atoms with Gasteiger partial charge in [0.2, 0.25) is 5.91 Å². The van der Waals surface area contributed by atoms with Gasteiger partial charge in [-0.05, 0) is 51.4 Å². The number of hydrogen-bond donors (Lipinski definition) is 3. The molecule has 0 unspecified atom stereocenters. The Morgan fingerprint density at radius 2 is 1.97 bits per heavy atom. The van der Waals surface area contributed by atoms with Crippen LogP contribution in [-0.4, -0.2) is 56.6 Å². The normalized spacial score (nSPS) is 15.5. The summed E-state index contributed by atoms with van der Waals surface area (Å²) >= 11 is 0. The molecule has 1 saturated heterocycles. The molecule has 0 aliphatic carbocycles. The molecule has 0 radical (unpaired) electrons. The predicted molar refractivity (Wildman–Crippen MR) is 124 cm³/mol. The number of aliphatic imine (C=N–C) groups is 1. The summed E-state index contributed by atoms with van der Waals surface area (Å²) in [5.41, 5.74) is 6.00. The van der Waals surface area contributed by atoms with Gasteiger partial charge in [-0.15, -0.1) is 24.0 Å². The van der Waals surface area contributed by atoms with Crippen LogP contribution in [0.3, 0.4) is 0 Å². The lowest BCUT2D eigenvalue weighted by molar-refractivity contribution is -0.123. The van der Waals surface area contributed by atoms with Gasteiger partial charge in [0.25, 0.3) is 0 Å². The number of rotatable bonds is 10. The molecule has 10 heteroatoms. The van der Waals surface area contributed by atoms with Crippen LogP contribution in [0, 0.1) is 5.92 Å². The number of benzene rings is 1. The summed E-state index contributed by atoms with van der Waals surface area (Å²) in [6, 6.07) is 6.69. The number of primary amides is 1. The molecule has 0 aromatic heterocycles. The van der Waals surface area contributed by atoms with E-state index >= 15 is 0 Å². The standard InChI is InChI=1S/C20H31F2N5O2.HI/c1-24-20(26-14-16-6-2-3-7-17(16)29-19(21)22)25-10-4-5-11-27-12-8-15(9-13-27)18(23)28;/h2-3,6-7,15,19H,4-5,8-14H2,1H3,(H2,23,28)(H2,24,25,26);1H. The van der Waals surface area contributed by atoms with Crippen LogP contribution in [0.5, 0.6) is 5.75 Å². The van der Waals surface area contributed by atoms with Gasteiger partial charge in [-0.25, -0.2) is 0 Å². The minimum Gasteiger partial charge on any atom is -0.434 e. The highest BCUT2D eigenvalue weighted by molar-refractivity contribution is 14.0. The maximum atomic E-state index is 12.5. The van der Waals surface area contributed by atoms with E-state index in [1.54, 1.807) is 25.2 Å². The van der Waals surface area contributed by atoms with Crippen LogP contribution in [0.2, 0.25) is 0 Å². The Morgan fingerprint density at radius 1 is 1.27 bits per heavy atom. The average molecular weight is 539 g/mol. The van der Waals surface area contributed by atoms with Gasteiger partial charge in [0.15, 0.2) is 5.96 Å². The molecular weight excluding hydrogens is 507 g/mol. The molecule has 1 fully saturated rings. The van der Waals surface area contributed by atoms with E-state index < -0.39 is 6.61 Å². The van der Waals surface area contributed by atoms with Crippen LogP contribution in [0.15, 0.2) is 29.3 Å². The summed E-state index contributed by atoms with van der Waals surface area (Å²) < 4.78 is 29.5.